The van der Waals surface area contributed by atoms with Gasteiger partial charge in [-0.1, -0.05) is 27.7 Å². The fourth-order valence-corrected chi connectivity index (χ4v) is 3.06. The van der Waals surface area contributed by atoms with Crippen LogP contribution in [0.15, 0.2) is 0 Å². The molecule has 0 aromatic carbocycles. The molecular weight excluding hydrogens is 162 g/mol. The van der Waals surface area contributed by atoms with Crippen LogP contribution in [0.5, 0.6) is 0 Å². The predicted molar refractivity (Wildman–Crippen MR) is 54.4 cm³/mol. The third kappa shape index (κ3) is 3.02. The monoisotopic (exact) mass is 183 g/mol. The summed E-state index contributed by atoms with van der Waals surface area (Å²) in [5.41, 5.74) is 0.727. The topological polar surface area (TPSA) is 29.1 Å². The van der Waals surface area contributed by atoms with Crippen LogP contribution in [-0.4, -0.2) is 12.5 Å². The molecule has 1 aliphatic rings. The summed E-state index contributed by atoms with van der Waals surface area (Å²) in [4.78, 5) is 10.4. The minimum absolute atomic E-state index is 0.364. The highest BCUT2D eigenvalue weighted by atomic mass is 16.1. The van der Waals surface area contributed by atoms with E-state index in [1.165, 1.54) is 6.42 Å². The Labute approximate surface area is 81.1 Å². The fraction of sp³-hybridized carbons (Fsp3) is 0.909. The van der Waals surface area contributed by atoms with Gasteiger partial charge in [-0.3, -0.25) is 4.79 Å². The zero-order valence-electron chi connectivity index (χ0n) is 9.18. The second-order valence-corrected chi connectivity index (χ2v) is 5.89. The molecule has 0 heterocycles. The normalized spacial score (nSPS) is 26.8. The van der Waals surface area contributed by atoms with Crippen LogP contribution in [0, 0.1) is 10.8 Å². The molecule has 1 amide bonds. The van der Waals surface area contributed by atoms with Gasteiger partial charge in [-0.05, 0) is 30.1 Å². The molecule has 13 heavy (non-hydrogen) atoms. The van der Waals surface area contributed by atoms with Gasteiger partial charge in [0.15, 0.2) is 0 Å². The Bertz CT molecular complexity index is 180. The van der Waals surface area contributed by atoms with Crippen LogP contribution in [0.3, 0.4) is 0 Å². The van der Waals surface area contributed by atoms with Crippen LogP contribution in [-0.2, 0) is 4.79 Å². The van der Waals surface area contributed by atoms with Crippen molar-refractivity contribution in [3.63, 3.8) is 0 Å². The third-order valence-corrected chi connectivity index (χ3v) is 2.86. The zero-order valence-corrected chi connectivity index (χ0v) is 9.18. The quantitative estimate of drug-likeness (QED) is 0.654. The maximum atomic E-state index is 10.4. The van der Waals surface area contributed by atoms with E-state index in [-0.39, 0.29) is 0 Å². The molecule has 0 aromatic heterocycles. The molecule has 1 N–H and O–H groups in total. The van der Waals surface area contributed by atoms with E-state index in [9.17, 15) is 4.79 Å². The first-order chi connectivity index (χ1) is 5.85. The highest BCUT2D eigenvalue weighted by Gasteiger charge is 2.38. The average molecular weight is 183 g/mol. The Morgan fingerprint density at radius 1 is 1.15 bits per heavy atom. The lowest BCUT2D eigenvalue weighted by molar-refractivity contribution is -0.110. The smallest absolute Gasteiger partial charge is 0.207 e. The maximum Gasteiger partial charge on any atom is 0.207 e. The summed E-state index contributed by atoms with van der Waals surface area (Å²) >= 11 is 0. The van der Waals surface area contributed by atoms with Crippen molar-refractivity contribution in [2.24, 2.45) is 10.8 Å². The molecule has 1 saturated carbocycles. The van der Waals surface area contributed by atoms with E-state index in [0.29, 0.717) is 16.9 Å². The molecule has 0 spiro atoms. The van der Waals surface area contributed by atoms with Crippen LogP contribution >= 0.6 is 0 Å². The molecule has 1 fully saturated rings. The van der Waals surface area contributed by atoms with Gasteiger partial charge in [0, 0.05) is 6.04 Å². The maximum absolute atomic E-state index is 10.4. The van der Waals surface area contributed by atoms with E-state index in [0.717, 1.165) is 19.3 Å². The van der Waals surface area contributed by atoms with Crippen molar-refractivity contribution in [1.82, 2.24) is 5.32 Å². The van der Waals surface area contributed by atoms with Gasteiger partial charge < -0.3 is 5.32 Å². The summed E-state index contributed by atoms with van der Waals surface area (Å²) in [5.74, 6) is 0. The number of hydrogen-bond acceptors (Lipinski definition) is 1. The predicted octanol–water partition coefficient (Wildman–Crippen LogP) is 2.34. The van der Waals surface area contributed by atoms with Gasteiger partial charge in [-0.15, -0.1) is 0 Å². The SMILES string of the molecule is CC1(C)CC(NC=O)CC(C)(C)C1. The summed E-state index contributed by atoms with van der Waals surface area (Å²) in [6.45, 7) is 9.14. The summed E-state index contributed by atoms with van der Waals surface area (Å²) in [6, 6.07) is 0.372. The lowest BCUT2D eigenvalue weighted by atomic mass is 9.63. The number of carbonyl (C=O) groups is 1. The molecule has 1 aliphatic carbocycles. The molecule has 0 radical (unpaired) electrons. The minimum Gasteiger partial charge on any atom is -0.356 e. The van der Waals surface area contributed by atoms with Gasteiger partial charge in [0.25, 0.3) is 0 Å². The number of nitrogens with one attached hydrogen (secondary N) is 1. The van der Waals surface area contributed by atoms with Crippen LogP contribution in [0.4, 0.5) is 0 Å². The highest BCUT2D eigenvalue weighted by molar-refractivity contribution is 5.46. The van der Waals surface area contributed by atoms with Gasteiger partial charge in [-0.2, -0.15) is 0 Å². The molecule has 2 nitrogen and oxygen atoms in total. The van der Waals surface area contributed by atoms with Crippen molar-refractivity contribution >= 4 is 6.41 Å². The van der Waals surface area contributed by atoms with Crippen LogP contribution in [0.2, 0.25) is 0 Å². The first-order valence-electron chi connectivity index (χ1n) is 5.04. The molecule has 0 bridgehead atoms. The number of carbonyl (C=O) groups excluding carboxylic acids is 1. The van der Waals surface area contributed by atoms with Crippen molar-refractivity contribution < 1.29 is 4.79 Å². The van der Waals surface area contributed by atoms with E-state index in [2.05, 4.69) is 33.0 Å². The van der Waals surface area contributed by atoms with E-state index < -0.39 is 0 Å². The molecule has 0 atom stereocenters. The Balaban J connectivity index is 2.66. The van der Waals surface area contributed by atoms with Crippen molar-refractivity contribution in [3.8, 4) is 0 Å². The van der Waals surface area contributed by atoms with Crippen molar-refractivity contribution in [1.29, 1.82) is 0 Å². The van der Waals surface area contributed by atoms with E-state index in [4.69, 9.17) is 0 Å². The zero-order chi connectivity index (χ0) is 10.1. The average Bonchev–Trinajstić information content (AvgIpc) is 1.78. The van der Waals surface area contributed by atoms with E-state index >= 15 is 0 Å². The molecular formula is C11H21NO. The summed E-state index contributed by atoms with van der Waals surface area (Å²) < 4.78 is 0. The summed E-state index contributed by atoms with van der Waals surface area (Å²) in [6.07, 6.45) is 4.30. The molecule has 0 unspecified atom stereocenters. The Hall–Kier alpha value is -0.530. The van der Waals surface area contributed by atoms with Crippen molar-refractivity contribution in [2.75, 3.05) is 0 Å². The van der Waals surface area contributed by atoms with Gasteiger partial charge in [0.1, 0.15) is 0 Å². The number of amides is 1. The standard InChI is InChI=1S/C11H21NO/c1-10(2)5-9(12-8-13)6-11(3,4)7-10/h8-9H,5-7H2,1-4H3,(H,12,13). The van der Waals surface area contributed by atoms with Crippen LogP contribution in [0.25, 0.3) is 0 Å². The second kappa shape index (κ2) is 3.32. The van der Waals surface area contributed by atoms with Gasteiger partial charge in [0.2, 0.25) is 6.41 Å². The van der Waals surface area contributed by atoms with Gasteiger partial charge in [-0.25, -0.2) is 0 Å². The minimum atomic E-state index is 0.364. The van der Waals surface area contributed by atoms with Gasteiger partial charge in [0.05, 0.1) is 0 Å². The summed E-state index contributed by atoms with van der Waals surface area (Å²) in [7, 11) is 0. The molecule has 76 valence electrons. The summed E-state index contributed by atoms with van der Waals surface area (Å²) in [5, 5.41) is 2.92. The lowest BCUT2D eigenvalue weighted by Crippen LogP contribution is -2.43. The van der Waals surface area contributed by atoms with Crippen molar-refractivity contribution in [2.45, 2.75) is 53.0 Å². The first kappa shape index (κ1) is 10.6. The molecule has 0 aromatic rings. The highest BCUT2D eigenvalue weighted by Crippen LogP contribution is 2.45. The van der Waals surface area contributed by atoms with Crippen molar-refractivity contribution in [3.05, 3.63) is 0 Å². The second-order valence-electron chi connectivity index (χ2n) is 5.89. The Morgan fingerprint density at radius 2 is 1.62 bits per heavy atom. The van der Waals surface area contributed by atoms with E-state index in [1.54, 1.807) is 0 Å². The van der Waals surface area contributed by atoms with Crippen LogP contribution in [0.1, 0.15) is 47.0 Å². The molecule has 0 saturated heterocycles. The fourth-order valence-electron chi connectivity index (χ4n) is 3.06. The molecule has 0 aliphatic heterocycles. The number of hydrogen-bond donors (Lipinski definition) is 1. The first-order valence-corrected chi connectivity index (χ1v) is 5.04. The molecule has 1 rings (SSSR count). The van der Waals surface area contributed by atoms with Gasteiger partial charge >= 0.3 is 0 Å². The lowest BCUT2D eigenvalue weighted by Gasteiger charge is -2.44. The van der Waals surface area contributed by atoms with E-state index in [1.807, 2.05) is 0 Å². The molecule has 2 heteroatoms. The number of rotatable bonds is 2. The van der Waals surface area contributed by atoms with Crippen LogP contribution < -0.4 is 5.32 Å². The Morgan fingerprint density at radius 3 is 2.00 bits per heavy atom. The third-order valence-electron chi connectivity index (χ3n) is 2.86. The largest absolute Gasteiger partial charge is 0.356 e. The Kier molecular flexibility index (Phi) is 2.69.